The van der Waals surface area contributed by atoms with Crippen LogP contribution in [-0.4, -0.2) is 11.4 Å². The maximum Gasteiger partial charge on any atom is 0.198 e. The number of rotatable bonds is 1. The molecule has 1 aliphatic rings. The molecule has 0 aromatic heterocycles. The number of aryl methyl sites for hydroxylation is 1. The molecular weight excluding hydrogens is 224 g/mol. The summed E-state index contributed by atoms with van der Waals surface area (Å²) >= 11 is 0. The summed E-state index contributed by atoms with van der Waals surface area (Å²) < 4.78 is 5.49. The normalized spacial score (nSPS) is 22.1. The zero-order valence-corrected chi connectivity index (χ0v) is 10.3. The lowest BCUT2D eigenvalue weighted by molar-refractivity contribution is -0.0359. The SMILES string of the molecule is Cc1ccc2c(c1)[C@@H](c1ccccc1)C[C@H](O)O2. The number of hydrogen-bond donors (Lipinski definition) is 1. The van der Waals surface area contributed by atoms with Crippen molar-refractivity contribution in [3.63, 3.8) is 0 Å². The van der Waals surface area contributed by atoms with E-state index < -0.39 is 6.29 Å². The van der Waals surface area contributed by atoms with E-state index in [0.717, 1.165) is 5.75 Å². The smallest absolute Gasteiger partial charge is 0.198 e. The zero-order chi connectivity index (χ0) is 12.5. The molecule has 2 heteroatoms. The molecule has 0 radical (unpaired) electrons. The summed E-state index contributed by atoms with van der Waals surface area (Å²) in [6.45, 7) is 2.08. The van der Waals surface area contributed by atoms with Crippen molar-refractivity contribution >= 4 is 0 Å². The molecule has 0 fully saturated rings. The van der Waals surface area contributed by atoms with E-state index in [4.69, 9.17) is 4.74 Å². The number of hydrogen-bond acceptors (Lipinski definition) is 2. The first kappa shape index (κ1) is 11.3. The van der Waals surface area contributed by atoms with Crippen LogP contribution in [0.1, 0.15) is 29.0 Å². The minimum Gasteiger partial charge on any atom is -0.465 e. The minimum absolute atomic E-state index is 0.213. The van der Waals surface area contributed by atoms with Crippen molar-refractivity contribution in [1.82, 2.24) is 0 Å². The molecule has 2 aromatic rings. The Labute approximate surface area is 107 Å². The average Bonchev–Trinajstić information content (AvgIpc) is 2.39. The molecule has 1 heterocycles. The van der Waals surface area contributed by atoms with Crippen LogP contribution in [0.4, 0.5) is 0 Å². The van der Waals surface area contributed by atoms with Crippen LogP contribution in [0.25, 0.3) is 0 Å². The molecule has 0 saturated carbocycles. The molecule has 1 aliphatic heterocycles. The van der Waals surface area contributed by atoms with Gasteiger partial charge < -0.3 is 9.84 Å². The van der Waals surface area contributed by atoms with E-state index in [9.17, 15) is 5.11 Å². The van der Waals surface area contributed by atoms with Gasteiger partial charge in [0.25, 0.3) is 0 Å². The summed E-state index contributed by atoms with van der Waals surface area (Å²) in [5, 5.41) is 9.83. The van der Waals surface area contributed by atoms with Crippen molar-refractivity contribution in [3.05, 3.63) is 65.2 Å². The highest BCUT2D eigenvalue weighted by Crippen LogP contribution is 2.40. The Morgan fingerprint density at radius 1 is 1.11 bits per heavy atom. The van der Waals surface area contributed by atoms with Crippen molar-refractivity contribution in [1.29, 1.82) is 0 Å². The second-order valence-electron chi connectivity index (χ2n) is 4.81. The van der Waals surface area contributed by atoms with Crippen LogP contribution in [0.15, 0.2) is 48.5 Å². The van der Waals surface area contributed by atoms with Gasteiger partial charge >= 0.3 is 0 Å². The van der Waals surface area contributed by atoms with E-state index in [-0.39, 0.29) is 5.92 Å². The third kappa shape index (κ3) is 2.00. The molecule has 0 saturated heterocycles. The van der Waals surface area contributed by atoms with Gasteiger partial charge in [0, 0.05) is 17.9 Å². The first-order valence-corrected chi connectivity index (χ1v) is 6.24. The summed E-state index contributed by atoms with van der Waals surface area (Å²) in [7, 11) is 0. The fourth-order valence-electron chi connectivity index (χ4n) is 2.57. The standard InChI is InChI=1S/C16H16O2/c1-11-7-8-15-14(9-11)13(10-16(17)18-15)12-5-3-2-4-6-12/h2-9,13,16-17H,10H2,1H3/t13-,16-/m1/s1. The fraction of sp³-hybridized carbons (Fsp3) is 0.250. The van der Waals surface area contributed by atoms with Gasteiger partial charge in [-0.05, 0) is 18.6 Å². The number of fused-ring (bicyclic) bond motifs is 1. The molecule has 0 aliphatic carbocycles. The Morgan fingerprint density at radius 3 is 2.67 bits per heavy atom. The average molecular weight is 240 g/mol. The van der Waals surface area contributed by atoms with E-state index in [2.05, 4.69) is 25.1 Å². The van der Waals surface area contributed by atoms with Crippen molar-refractivity contribution in [2.75, 3.05) is 0 Å². The summed E-state index contributed by atoms with van der Waals surface area (Å²) in [6.07, 6.45) is -0.106. The highest BCUT2D eigenvalue weighted by atomic mass is 16.6. The van der Waals surface area contributed by atoms with Crippen LogP contribution < -0.4 is 4.74 Å². The van der Waals surface area contributed by atoms with Crippen LogP contribution in [0.2, 0.25) is 0 Å². The third-order valence-electron chi connectivity index (χ3n) is 3.44. The predicted octanol–water partition coefficient (Wildman–Crippen LogP) is 3.23. The van der Waals surface area contributed by atoms with Gasteiger partial charge in [-0.1, -0.05) is 48.0 Å². The predicted molar refractivity (Wildman–Crippen MR) is 70.7 cm³/mol. The lowest BCUT2D eigenvalue weighted by atomic mass is 9.85. The fourth-order valence-corrected chi connectivity index (χ4v) is 2.57. The molecule has 1 N–H and O–H groups in total. The van der Waals surface area contributed by atoms with Gasteiger partial charge in [0.05, 0.1) is 0 Å². The first-order chi connectivity index (χ1) is 8.74. The molecule has 2 nitrogen and oxygen atoms in total. The van der Waals surface area contributed by atoms with Crippen LogP contribution in [-0.2, 0) is 0 Å². The molecule has 2 atom stereocenters. The van der Waals surface area contributed by atoms with E-state index in [1.807, 2.05) is 30.3 Å². The van der Waals surface area contributed by atoms with Gasteiger partial charge in [0.15, 0.2) is 6.29 Å². The van der Waals surface area contributed by atoms with Crippen molar-refractivity contribution in [2.24, 2.45) is 0 Å². The highest BCUT2D eigenvalue weighted by molar-refractivity contribution is 5.45. The van der Waals surface area contributed by atoms with E-state index in [1.165, 1.54) is 16.7 Å². The first-order valence-electron chi connectivity index (χ1n) is 6.24. The number of benzene rings is 2. The maximum atomic E-state index is 9.83. The second-order valence-corrected chi connectivity index (χ2v) is 4.81. The van der Waals surface area contributed by atoms with Gasteiger partial charge in [-0.15, -0.1) is 0 Å². The summed E-state index contributed by atoms with van der Waals surface area (Å²) in [6, 6.07) is 16.4. The Hall–Kier alpha value is -1.80. The van der Waals surface area contributed by atoms with Crippen molar-refractivity contribution in [3.8, 4) is 5.75 Å². The molecular formula is C16H16O2. The molecule has 0 spiro atoms. The molecule has 0 amide bonds. The van der Waals surface area contributed by atoms with Crippen molar-refractivity contribution < 1.29 is 9.84 Å². The van der Waals surface area contributed by atoms with E-state index in [0.29, 0.717) is 6.42 Å². The quantitative estimate of drug-likeness (QED) is 0.829. The number of ether oxygens (including phenoxy) is 1. The summed E-state index contributed by atoms with van der Waals surface area (Å²) in [5.74, 6) is 1.01. The monoisotopic (exact) mass is 240 g/mol. The third-order valence-corrected chi connectivity index (χ3v) is 3.44. The molecule has 0 bridgehead atoms. The minimum atomic E-state index is -0.717. The van der Waals surface area contributed by atoms with E-state index in [1.54, 1.807) is 0 Å². The zero-order valence-electron chi connectivity index (χ0n) is 10.3. The Balaban J connectivity index is 2.09. The van der Waals surface area contributed by atoms with Crippen molar-refractivity contribution in [2.45, 2.75) is 25.6 Å². The highest BCUT2D eigenvalue weighted by Gasteiger charge is 2.28. The maximum absolute atomic E-state index is 9.83. The van der Waals surface area contributed by atoms with Gasteiger partial charge in [-0.2, -0.15) is 0 Å². The number of aliphatic hydroxyl groups is 1. The Morgan fingerprint density at radius 2 is 1.89 bits per heavy atom. The topological polar surface area (TPSA) is 29.5 Å². The Kier molecular flexibility index (Phi) is 2.80. The Bertz CT molecular complexity index is 548. The largest absolute Gasteiger partial charge is 0.465 e. The van der Waals surface area contributed by atoms with Crippen LogP contribution >= 0.6 is 0 Å². The van der Waals surface area contributed by atoms with Crippen LogP contribution in [0.5, 0.6) is 5.75 Å². The molecule has 2 aromatic carbocycles. The van der Waals surface area contributed by atoms with E-state index >= 15 is 0 Å². The lowest BCUT2D eigenvalue weighted by Crippen LogP contribution is -2.25. The summed E-state index contributed by atoms with van der Waals surface area (Å²) in [5.41, 5.74) is 3.62. The van der Waals surface area contributed by atoms with Gasteiger partial charge in [-0.3, -0.25) is 0 Å². The lowest BCUT2D eigenvalue weighted by Gasteiger charge is -2.30. The van der Waals surface area contributed by atoms with Crippen LogP contribution in [0.3, 0.4) is 0 Å². The second kappa shape index (κ2) is 4.46. The molecule has 3 rings (SSSR count). The molecule has 92 valence electrons. The number of aliphatic hydroxyl groups excluding tert-OH is 1. The van der Waals surface area contributed by atoms with Crippen LogP contribution in [0, 0.1) is 6.92 Å². The van der Waals surface area contributed by atoms with Gasteiger partial charge in [0.2, 0.25) is 0 Å². The molecule has 18 heavy (non-hydrogen) atoms. The summed E-state index contributed by atoms with van der Waals surface area (Å²) in [4.78, 5) is 0. The molecule has 0 unspecified atom stereocenters. The van der Waals surface area contributed by atoms with Gasteiger partial charge in [-0.25, -0.2) is 0 Å². The van der Waals surface area contributed by atoms with Gasteiger partial charge in [0.1, 0.15) is 5.75 Å².